The van der Waals surface area contributed by atoms with Crippen molar-refractivity contribution in [2.45, 2.75) is 59.0 Å². The first-order chi connectivity index (χ1) is 17.7. The average Bonchev–Trinajstić information content (AvgIpc) is 3.60. The lowest BCUT2D eigenvalue weighted by Crippen LogP contribution is -2.52. The number of likely N-dealkylation sites (tertiary alicyclic amines) is 1. The molecule has 9 nitrogen and oxygen atoms in total. The van der Waals surface area contributed by atoms with Crippen LogP contribution in [0.5, 0.6) is 0 Å². The minimum atomic E-state index is -0.828. The molecule has 3 aliphatic rings. The highest BCUT2D eigenvalue weighted by atomic mass is 16.6. The number of hydrogen-bond acceptors (Lipinski definition) is 6. The van der Waals surface area contributed by atoms with E-state index < -0.39 is 18.2 Å². The number of fused-ring (bicyclic) bond motifs is 1. The first-order valence-corrected chi connectivity index (χ1v) is 13.3. The number of rotatable bonds is 8. The van der Waals surface area contributed by atoms with E-state index in [0.717, 1.165) is 18.8 Å². The fourth-order valence-electron chi connectivity index (χ4n) is 5.14. The van der Waals surface area contributed by atoms with Gasteiger partial charge in [0.05, 0.1) is 18.8 Å². The normalized spacial score (nSPS) is 19.9. The van der Waals surface area contributed by atoms with Crippen molar-refractivity contribution in [2.75, 3.05) is 37.7 Å². The molecule has 2 atom stereocenters. The van der Waals surface area contributed by atoms with Crippen molar-refractivity contribution in [1.82, 2.24) is 15.1 Å². The SMILES string of the molecule is CC(C)COC(=O)N1CC(=O)C2C1=CCN2C(=O)C(CC(C)C)NC(=O)c1ccc(N2CCCC2)cc1. The molecule has 2 unspecified atom stereocenters. The maximum absolute atomic E-state index is 13.6. The van der Waals surface area contributed by atoms with Gasteiger partial charge in [-0.05, 0) is 61.4 Å². The molecule has 2 saturated heterocycles. The number of nitrogens with zero attached hydrogens (tertiary/aromatic N) is 3. The van der Waals surface area contributed by atoms with Crippen molar-refractivity contribution in [3.8, 4) is 0 Å². The minimum absolute atomic E-state index is 0.123. The number of hydrogen-bond donors (Lipinski definition) is 1. The van der Waals surface area contributed by atoms with Gasteiger partial charge in [0, 0.05) is 30.9 Å². The third-order valence-electron chi connectivity index (χ3n) is 6.97. The maximum atomic E-state index is 13.6. The maximum Gasteiger partial charge on any atom is 0.414 e. The fraction of sp³-hybridized carbons (Fsp3) is 0.571. The topological polar surface area (TPSA) is 99.3 Å². The van der Waals surface area contributed by atoms with Crippen LogP contribution in [-0.4, -0.2) is 78.4 Å². The third kappa shape index (κ3) is 5.97. The lowest BCUT2D eigenvalue weighted by molar-refractivity contribution is -0.137. The predicted octanol–water partition coefficient (Wildman–Crippen LogP) is 3.20. The summed E-state index contributed by atoms with van der Waals surface area (Å²) in [5.41, 5.74) is 2.07. The van der Waals surface area contributed by atoms with Crippen LogP contribution in [0.4, 0.5) is 10.5 Å². The van der Waals surface area contributed by atoms with Crippen LogP contribution in [0.25, 0.3) is 0 Å². The third-order valence-corrected chi connectivity index (χ3v) is 6.97. The van der Waals surface area contributed by atoms with E-state index in [-0.39, 0.29) is 49.1 Å². The Morgan fingerprint density at radius 1 is 1.03 bits per heavy atom. The molecule has 1 N–H and O–H groups in total. The van der Waals surface area contributed by atoms with E-state index in [9.17, 15) is 19.2 Å². The van der Waals surface area contributed by atoms with Gasteiger partial charge >= 0.3 is 6.09 Å². The first kappa shape index (κ1) is 26.7. The first-order valence-electron chi connectivity index (χ1n) is 13.3. The van der Waals surface area contributed by atoms with Crippen LogP contribution < -0.4 is 10.2 Å². The Morgan fingerprint density at radius 3 is 2.32 bits per heavy atom. The quantitative estimate of drug-likeness (QED) is 0.577. The summed E-state index contributed by atoms with van der Waals surface area (Å²) in [6, 6.07) is 5.85. The molecule has 200 valence electrons. The molecule has 37 heavy (non-hydrogen) atoms. The van der Waals surface area contributed by atoms with Crippen LogP contribution in [0.1, 0.15) is 57.3 Å². The number of carbonyl (C=O) groups is 4. The number of amides is 3. The molecular formula is C28H38N4O5. The fourth-order valence-corrected chi connectivity index (χ4v) is 5.14. The second kappa shape index (κ2) is 11.4. The van der Waals surface area contributed by atoms with Gasteiger partial charge < -0.3 is 19.9 Å². The Kier molecular flexibility index (Phi) is 8.19. The summed E-state index contributed by atoms with van der Waals surface area (Å²) in [6.07, 6.45) is 3.94. The van der Waals surface area contributed by atoms with E-state index in [0.29, 0.717) is 17.7 Å². The van der Waals surface area contributed by atoms with E-state index in [1.807, 2.05) is 39.8 Å². The predicted molar refractivity (Wildman–Crippen MR) is 140 cm³/mol. The van der Waals surface area contributed by atoms with Gasteiger partial charge in [0.15, 0.2) is 5.78 Å². The summed E-state index contributed by atoms with van der Waals surface area (Å²) < 4.78 is 5.31. The highest BCUT2D eigenvalue weighted by Crippen LogP contribution is 2.31. The Hall–Kier alpha value is -3.36. The molecule has 0 spiro atoms. The zero-order valence-electron chi connectivity index (χ0n) is 22.2. The van der Waals surface area contributed by atoms with Crippen LogP contribution >= 0.6 is 0 Å². The van der Waals surface area contributed by atoms with Gasteiger partial charge in [0.2, 0.25) is 5.91 Å². The lowest BCUT2D eigenvalue weighted by Gasteiger charge is -2.29. The summed E-state index contributed by atoms with van der Waals surface area (Å²) >= 11 is 0. The highest BCUT2D eigenvalue weighted by molar-refractivity contribution is 6.02. The van der Waals surface area contributed by atoms with Gasteiger partial charge in [-0.2, -0.15) is 0 Å². The lowest BCUT2D eigenvalue weighted by atomic mass is 10.0. The summed E-state index contributed by atoms with van der Waals surface area (Å²) in [4.78, 5) is 57.3. The Labute approximate surface area is 218 Å². The molecule has 1 aromatic rings. The largest absolute Gasteiger partial charge is 0.449 e. The number of ketones is 1. The minimum Gasteiger partial charge on any atom is -0.449 e. The highest BCUT2D eigenvalue weighted by Gasteiger charge is 2.48. The number of anilines is 1. The standard InChI is InChI=1S/C28H38N4O5/c1-18(2)15-22(29-26(34)20-7-9-21(10-8-20)30-12-5-6-13-30)27(35)31-14-11-23-25(31)24(33)16-32(23)28(36)37-17-19(3)4/h7-11,18-19,22,25H,5-6,12-17H2,1-4H3,(H,29,34). The van der Waals surface area contributed by atoms with Crippen molar-refractivity contribution >= 4 is 29.4 Å². The summed E-state index contributed by atoms with van der Waals surface area (Å²) in [5.74, 6) is -0.562. The second-order valence-electron chi connectivity index (χ2n) is 10.9. The van der Waals surface area contributed by atoms with E-state index >= 15 is 0 Å². The Balaban J connectivity index is 1.44. The molecule has 0 aliphatic carbocycles. The monoisotopic (exact) mass is 510 g/mol. The zero-order valence-corrected chi connectivity index (χ0v) is 22.2. The number of benzene rings is 1. The van der Waals surface area contributed by atoms with Gasteiger partial charge in [-0.25, -0.2) is 4.79 Å². The van der Waals surface area contributed by atoms with E-state index in [2.05, 4.69) is 10.2 Å². The van der Waals surface area contributed by atoms with E-state index in [1.165, 1.54) is 22.6 Å². The van der Waals surface area contributed by atoms with Crippen molar-refractivity contribution in [3.63, 3.8) is 0 Å². The van der Waals surface area contributed by atoms with Crippen LogP contribution in [-0.2, 0) is 14.3 Å². The average molecular weight is 511 g/mol. The van der Waals surface area contributed by atoms with E-state index in [4.69, 9.17) is 4.74 Å². The molecular weight excluding hydrogens is 472 g/mol. The Morgan fingerprint density at radius 2 is 1.70 bits per heavy atom. The smallest absolute Gasteiger partial charge is 0.414 e. The Bertz CT molecular complexity index is 1060. The van der Waals surface area contributed by atoms with Crippen LogP contribution in [0.3, 0.4) is 0 Å². The number of nitrogens with one attached hydrogen (secondary N) is 1. The summed E-state index contributed by atoms with van der Waals surface area (Å²) in [7, 11) is 0. The molecule has 3 heterocycles. The molecule has 4 rings (SSSR count). The molecule has 0 radical (unpaired) electrons. The van der Waals surface area contributed by atoms with Crippen molar-refractivity contribution in [2.24, 2.45) is 11.8 Å². The zero-order chi connectivity index (χ0) is 26.7. The summed E-state index contributed by atoms with van der Waals surface area (Å²) in [6.45, 7) is 10.2. The van der Waals surface area contributed by atoms with Crippen molar-refractivity contribution in [3.05, 3.63) is 41.6 Å². The molecule has 3 amide bonds. The molecule has 2 fully saturated rings. The van der Waals surface area contributed by atoms with Gasteiger partial charge in [-0.1, -0.05) is 27.7 Å². The molecule has 0 aromatic heterocycles. The van der Waals surface area contributed by atoms with E-state index in [1.54, 1.807) is 18.2 Å². The molecule has 9 heteroatoms. The molecule has 0 saturated carbocycles. The molecule has 0 bridgehead atoms. The summed E-state index contributed by atoms with van der Waals surface area (Å²) in [5, 5.41) is 2.91. The second-order valence-corrected chi connectivity index (χ2v) is 10.9. The van der Waals surface area contributed by atoms with Gasteiger partial charge in [-0.3, -0.25) is 19.3 Å². The molecule has 3 aliphatic heterocycles. The van der Waals surface area contributed by atoms with Crippen LogP contribution in [0.2, 0.25) is 0 Å². The molecule has 1 aromatic carbocycles. The number of carbonyl (C=O) groups excluding carboxylic acids is 4. The van der Waals surface area contributed by atoms with Crippen molar-refractivity contribution < 1.29 is 23.9 Å². The number of ether oxygens (including phenoxy) is 1. The van der Waals surface area contributed by atoms with Gasteiger partial charge in [0.25, 0.3) is 5.91 Å². The van der Waals surface area contributed by atoms with Gasteiger partial charge in [0.1, 0.15) is 12.1 Å². The van der Waals surface area contributed by atoms with Crippen LogP contribution in [0, 0.1) is 11.8 Å². The van der Waals surface area contributed by atoms with Gasteiger partial charge in [-0.15, -0.1) is 0 Å². The number of Topliss-reactive ketones (excluding diaryl/α,β-unsaturated/α-hetero) is 1. The van der Waals surface area contributed by atoms with Crippen LogP contribution in [0.15, 0.2) is 36.0 Å². The van der Waals surface area contributed by atoms with Crippen molar-refractivity contribution in [1.29, 1.82) is 0 Å².